The summed E-state index contributed by atoms with van der Waals surface area (Å²) in [6, 6.07) is 8.74. The Labute approximate surface area is 219 Å². The second kappa shape index (κ2) is 14.6. The highest BCUT2D eigenvalue weighted by Crippen LogP contribution is 2.19. The number of carbonyl (C=O) groups is 4. The van der Waals surface area contributed by atoms with Crippen LogP contribution in [0.1, 0.15) is 38.7 Å². The highest BCUT2D eigenvalue weighted by Gasteiger charge is 2.33. The van der Waals surface area contributed by atoms with Crippen LogP contribution in [0.5, 0.6) is 0 Å². The molecule has 2 saturated heterocycles. The van der Waals surface area contributed by atoms with Gasteiger partial charge in [0.05, 0.1) is 19.3 Å². The van der Waals surface area contributed by atoms with Crippen LogP contribution in [0.3, 0.4) is 0 Å². The normalized spacial score (nSPS) is 18.1. The highest BCUT2D eigenvalue weighted by atomic mass is 16.5. The van der Waals surface area contributed by atoms with Crippen molar-refractivity contribution in [2.24, 2.45) is 11.8 Å². The molecule has 2 heterocycles. The van der Waals surface area contributed by atoms with Crippen LogP contribution in [0.4, 0.5) is 0 Å². The topological polar surface area (TPSA) is 108 Å². The number of nitrogens with zero attached hydrogens (tertiary/aromatic N) is 2. The Morgan fingerprint density at radius 3 is 2.35 bits per heavy atom. The van der Waals surface area contributed by atoms with E-state index in [1.54, 1.807) is 17.1 Å². The lowest BCUT2D eigenvalue weighted by molar-refractivity contribution is -0.141. The summed E-state index contributed by atoms with van der Waals surface area (Å²) in [6.07, 6.45) is 5.12. The van der Waals surface area contributed by atoms with Gasteiger partial charge in [-0.25, -0.2) is 0 Å². The summed E-state index contributed by atoms with van der Waals surface area (Å²) < 4.78 is 5.33. The van der Waals surface area contributed by atoms with E-state index in [4.69, 9.17) is 4.74 Å². The van der Waals surface area contributed by atoms with Gasteiger partial charge in [0.25, 0.3) is 5.91 Å². The van der Waals surface area contributed by atoms with E-state index in [1.165, 1.54) is 0 Å². The van der Waals surface area contributed by atoms with E-state index in [2.05, 4.69) is 15.5 Å². The van der Waals surface area contributed by atoms with Gasteiger partial charge in [-0.2, -0.15) is 0 Å². The molecular weight excluding hydrogens is 472 g/mol. The van der Waals surface area contributed by atoms with Crippen LogP contribution in [0.2, 0.25) is 0 Å². The molecule has 2 N–H and O–H groups in total. The molecule has 0 aliphatic carbocycles. The predicted molar refractivity (Wildman–Crippen MR) is 141 cm³/mol. The standard InChI is InChI=1S/C28H40N4O5/c1-21(2)25(26(34)28(36)29-13-6-14-31-17-19-37-20-18-31)30-27(35)23-11-15-32(16-12-23)24(33)10-9-22-7-4-3-5-8-22/h3-5,7-10,21,23,25H,6,11-20H2,1-2H3,(H,29,36)(H,30,35). The Balaban J connectivity index is 1.41. The van der Waals surface area contributed by atoms with Crippen molar-refractivity contribution < 1.29 is 23.9 Å². The molecule has 0 radical (unpaired) electrons. The monoisotopic (exact) mass is 512 g/mol. The quantitative estimate of drug-likeness (QED) is 0.264. The second-order valence-electron chi connectivity index (χ2n) is 10.0. The number of likely N-dealkylation sites (tertiary alicyclic amines) is 1. The third-order valence-electron chi connectivity index (χ3n) is 6.91. The molecule has 202 valence electrons. The smallest absolute Gasteiger partial charge is 0.289 e. The van der Waals surface area contributed by atoms with Crippen LogP contribution < -0.4 is 10.6 Å². The van der Waals surface area contributed by atoms with Crippen molar-refractivity contribution in [3.05, 3.63) is 42.0 Å². The van der Waals surface area contributed by atoms with Crippen molar-refractivity contribution in [2.45, 2.75) is 39.2 Å². The molecule has 0 saturated carbocycles. The Morgan fingerprint density at radius 1 is 1.03 bits per heavy atom. The van der Waals surface area contributed by atoms with Crippen molar-refractivity contribution in [3.63, 3.8) is 0 Å². The zero-order valence-electron chi connectivity index (χ0n) is 22.0. The number of ketones is 1. The lowest BCUT2D eigenvalue weighted by atomic mass is 9.93. The first-order valence-corrected chi connectivity index (χ1v) is 13.3. The SMILES string of the molecule is CC(C)C(NC(=O)C1CCN(C(=O)C=Cc2ccccc2)CC1)C(=O)C(=O)NCCCN1CCOCC1. The maximum atomic E-state index is 12.9. The number of amides is 3. The van der Waals surface area contributed by atoms with Crippen LogP contribution in [0, 0.1) is 11.8 Å². The second-order valence-corrected chi connectivity index (χ2v) is 10.0. The minimum absolute atomic E-state index is 0.0803. The van der Waals surface area contributed by atoms with Gasteiger partial charge in [-0.1, -0.05) is 44.2 Å². The summed E-state index contributed by atoms with van der Waals surface area (Å²) in [6.45, 7) is 9.03. The molecule has 0 bridgehead atoms. The zero-order chi connectivity index (χ0) is 26.6. The maximum Gasteiger partial charge on any atom is 0.289 e. The summed E-state index contributed by atoms with van der Waals surface area (Å²) in [7, 11) is 0. The van der Waals surface area contributed by atoms with Crippen LogP contribution in [-0.4, -0.2) is 91.8 Å². The first-order chi connectivity index (χ1) is 17.8. The lowest BCUT2D eigenvalue weighted by Crippen LogP contribution is -2.53. The number of Topliss-reactive ketones (excluding diaryl/α,β-unsaturated/α-hetero) is 1. The van der Waals surface area contributed by atoms with E-state index < -0.39 is 17.7 Å². The van der Waals surface area contributed by atoms with Gasteiger partial charge in [0, 0.05) is 44.7 Å². The zero-order valence-corrected chi connectivity index (χ0v) is 22.0. The molecule has 2 aliphatic heterocycles. The summed E-state index contributed by atoms with van der Waals surface area (Å²) in [5.74, 6) is -2.12. The largest absolute Gasteiger partial charge is 0.379 e. The predicted octanol–water partition coefficient (Wildman–Crippen LogP) is 1.49. The van der Waals surface area contributed by atoms with E-state index in [-0.39, 0.29) is 23.7 Å². The molecule has 2 fully saturated rings. The van der Waals surface area contributed by atoms with Crippen molar-refractivity contribution in [2.75, 3.05) is 52.5 Å². The molecule has 1 aromatic rings. The molecule has 9 heteroatoms. The van der Waals surface area contributed by atoms with Crippen LogP contribution in [0.25, 0.3) is 6.08 Å². The Morgan fingerprint density at radius 2 is 1.70 bits per heavy atom. The molecular formula is C28H40N4O5. The van der Waals surface area contributed by atoms with Gasteiger partial charge in [-0.05, 0) is 43.4 Å². The number of piperidine rings is 1. The summed E-state index contributed by atoms with van der Waals surface area (Å²) >= 11 is 0. The highest BCUT2D eigenvalue weighted by molar-refractivity contribution is 6.38. The average molecular weight is 513 g/mol. The number of nitrogens with one attached hydrogen (secondary N) is 2. The molecule has 1 atom stereocenters. The van der Waals surface area contributed by atoms with Crippen LogP contribution in [0.15, 0.2) is 36.4 Å². The van der Waals surface area contributed by atoms with Gasteiger partial charge in [0.15, 0.2) is 0 Å². The third-order valence-corrected chi connectivity index (χ3v) is 6.91. The lowest BCUT2D eigenvalue weighted by Gasteiger charge is -2.32. The van der Waals surface area contributed by atoms with Gasteiger partial charge in [0.2, 0.25) is 17.6 Å². The summed E-state index contributed by atoms with van der Waals surface area (Å²) in [5, 5.41) is 5.51. The van der Waals surface area contributed by atoms with Crippen molar-refractivity contribution in [3.8, 4) is 0 Å². The fraction of sp³-hybridized carbons (Fsp3) is 0.571. The molecule has 3 rings (SSSR count). The number of carbonyl (C=O) groups excluding carboxylic acids is 4. The Hall–Kier alpha value is -3.04. The van der Waals surface area contributed by atoms with E-state index in [1.807, 2.05) is 44.2 Å². The molecule has 3 amide bonds. The molecule has 0 spiro atoms. The average Bonchev–Trinajstić information content (AvgIpc) is 2.93. The molecule has 2 aliphatic rings. The maximum absolute atomic E-state index is 12.9. The molecule has 0 aromatic heterocycles. The molecule has 1 aromatic carbocycles. The summed E-state index contributed by atoms with van der Waals surface area (Å²) in [4.78, 5) is 54.8. The fourth-order valence-electron chi connectivity index (χ4n) is 4.56. The van der Waals surface area contributed by atoms with Crippen molar-refractivity contribution in [1.82, 2.24) is 20.4 Å². The third kappa shape index (κ3) is 9.09. The van der Waals surface area contributed by atoms with Gasteiger partial charge < -0.3 is 20.3 Å². The van der Waals surface area contributed by atoms with Gasteiger partial charge in [0.1, 0.15) is 0 Å². The minimum atomic E-state index is -0.875. The summed E-state index contributed by atoms with van der Waals surface area (Å²) in [5.41, 5.74) is 0.954. The number of benzene rings is 1. The number of ether oxygens (including phenoxy) is 1. The van der Waals surface area contributed by atoms with Gasteiger partial charge >= 0.3 is 0 Å². The number of hydrogen-bond acceptors (Lipinski definition) is 6. The van der Waals surface area contributed by atoms with Gasteiger partial charge in [-0.15, -0.1) is 0 Å². The number of rotatable bonds is 11. The fourth-order valence-corrected chi connectivity index (χ4v) is 4.56. The Bertz CT molecular complexity index is 935. The van der Waals surface area contributed by atoms with Crippen LogP contribution >= 0.6 is 0 Å². The minimum Gasteiger partial charge on any atom is -0.379 e. The van der Waals surface area contributed by atoms with Crippen molar-refractivity contribution in [1.29, 1.82) is 0 Å². The first kappa shape index (κ1) is 28.5. The number of morpholine rings is 1. The van der Waals surface area contributed by atoms with E-state index in [0.717, 1.165) is 44.8 Å². The molecule has 37 heavy (non-hydrogen) atoms. The molecule has 1 unspecified atom stereocenters. The molecule has 9 nitrogen and oxygen atoms in total. The Kier molecular flexibility index (Phi) is 11.3. The van der Waals surface area contributed by atoms with Crippen LogP contribution in [-0.2, 0) is 23.9 Å². The number of hydrogen-bond donors (Lipinski definition) is 2. The van der Waals surface area contributed by atoms with E-state index in [9.17, 15) is 19.2 Å². The first-order valence-electron chi connectivity index (χ1n) is 13.3. The van der Waals surface area contributed by atoms with E-state index >= 15 is 0 Å². The van der Waals surface area contributed by atoms with E-state index in [0.29, 0.717) is 32.5 Å². The van der Waals surface area contributed by atoms with Gasteiger partial charge in [-0.3, -0.25) is 24.1 Å². The van der Waals surface area contributed by atoms with Crippen molar-refractivity contribution >= 4 is 29.6 Å².